The van der Waals surface area contributed by atoms with Crippen molar-refractivity contribution in [1.82, 2.24) is 20.2 Å². The first-order chi connectivity index (χ1) is 12.7. The maximum absolute atomic E-state index is 9.74. The van der Waals surface area contributed by atoms with E-state index in [9.17, 15) is 5.11 Å². The minimum Gasteiger partial charge on any atom is -0.508 e. The number of aromatic amines is 2. The highest BCUT2D eigenvalue weighted by Gasteiger charge is 2.11. The van der Waals surface area contributed by atoms with Gasteiger partial charge < -0.3 is 15.8 Å². The second kappa shape index (κ2) is 5.35. The second-order valence-corrected chi connectivity index (χ2v) is 6.22. The third-order valence-corrected chi connectivity index (χ3v) is 4.59. The molecule has 5 aromatic rings. The smallest absolute Gasteiger partial charge is 0.153 e. The van der Waals surface area contributed by atoms with Crippen LogP contribution in [0.5, 0.6) is 5.75 Å². The number of benzene rings is 2. The summed E-state index contributed by atoms with van der Waals surface area (Å²) in [6, 6.07) is 17.2. The van der Waals surface area contributed by atoms with Crippen LogP contribution in [0.15, 0.2) is 60.8 Å². The molecule has 0 spiro atoms. The van der Waals surface area contributed by atoms with Gasteiger partial charge in [-0.1, -0.05) is 18.2 Å². The Bertz CT molecular complexity index is 1270. The van der Waals surface area contributed by atoms with Crippen LogP contribution in [0.2, 0.25) is 0 Å². The lowest BCUT2D eigenvalue weighted by atomic mass is 10.0. The van der Waals surface area contributed by atoms with Gasteiger partial charge in [-0.15, -0.1) is 0 Å². The number of phenolic OH excluding ortho intramolecular Hbond substituents is 1. The van der Waals surface area contributed by atoms with Crippen LogP contribution in [-0.4, -0.2) is 25.3 Å². The van der Waals surface area contributed by atoms with E-state index in [2.05, 4.69) is 26.2 Å². The van der Waals surface area contributed by atoms with Gasteiger partial charge in [0.2, 0.25) is 0 Å². The Labute approximate surface area is 148 Å². The van der Waals surface area contributed by atoms with E-state index in [1.165, 1.54) is 0 Å². The van der Waals surface area contributed by atoms with Crippen molar-refractivity contribution in [3.8, 4) is 28.1 Å². The number of nitrogen functional groups attached to an aromatic ring is 1. The predicted octanol–water partition coefficient (Wildman–Crippen LogP) is 4.06. The first-order valence-corrected chi connectivity index (χ1v) is 8.20. The van der Waals surface area contributed by atoms with E-state index in [0.717, 1.165) is 44.3 Å². The fraction of sp³-hybridized carbons (Fsp3) is 0. The Hall–Kier alpha value is -3.80. The number of hydrogen-bond acceptors (Lipinski definition) is 4. The number of nitrogens with one attached hydrogen (secondary N) is 2. The number of nitrogens with zero attached hydrogens (tertiary/aromatic N) is 2. The van der Waals surface area contributed by atoms with Crippen LogP contribution < -0.4 is 5.73 Å². The Morgan fingerprint density at radius 3 is 2.73 bits per heavy atom. The fourth-order valence-electron chi connectivity index (χ4n) is 3.31. The normalized spacial score (nSPS) is 11.4. The molecule has 0 aliphatic heterocycles. The average molecular weight is 341 g/mol. The second-order valence-electron chi connectivity index (χ2n) is 6.22. The van der Waals surface area contributed by atoms with Gasteiger partial charge in [-0.05, 0) is 47.5 Å². The van der Waals surface area contributed by atoms with Crippen LogP contribution in [-0.2, 0) is 0 Å². The summed E-state index contributed by atoms with van der Waals surface area (Å²) in [5, 5.41) is 18.6. The predicted molar refractivity (Wildman–Crippen MR) is 103 cm³/mol. The van der Waals surface area contributed by atoms with Gasteiger partial charge in [0, 0.05) is 28.2 Å². The topological polar surface area (TPSA) is 104 Å². The van der Waals surface area contributed by atoms with Crippen molar-refractivity contribution < 1.29 is 5.11 Å². The van der Waals surface area contributed by atoms with Gasteiger partial charge in [0.25, 0.3) is 0 Å². The third-order valence-electron chi connectivity index (χ3n) is 4.59. The molecule has 0 atom stereocenters. The molecule has 0 aliphatic carbocycles. The van der Waals surface area contributed by atoms with Gasteiger partial charge in [-0.2, -0.15) is 5.10 Å². The van der Waals surface area contributed by atoms with Crippen molar-refractivity contribution >= 4 is 27.8 Å². The van der Waals surface area contributed by atoms with Crippen LogP contribution in [0.25, 0.3) is 44.3 Å². The number of anilines is 1. The van der Waals surface area contributed by atoms with Crippen LogP contribution in [0.4, 0.5) is 5.82 Å². The van der Waals surface area contributed by atoms with Crippen molar-refractivity contribution in [3.05, 3.63) is 60.8 Å². The number of H-pyrrole nitrogens is 2. The van der Waals surface area contributed by atoms with Gasteiger partial charge in [0.1, 0.15) is 11.4 Å². The van der Waals surface area contributed by atoms with Crippen LogP contribution in [0.3, 0.4) is 0 Å². The highest BCUT2D eigenvalue weighted by atomic mass is 16.3. The monoisotopic (exact) mass is 341 g/mol. The fourth-order valence-corrected chi connectivity index (χ4v) is 3.31. The summed E-state index contributed by atoms with van der Waals surface area (Å²) >= 11 is 0. The summed E-state index contributed by atoms with van der Waals surface area (Å²) in [7, 11) is 0. The third kappa shape index (κ3) is 2.20. The molecule has 0 bridgehead atoms. The summed E-state index contributed by atoms with van der Waals surface area (Å²) in [6.07, 6.45) is 1.78. The molecule has 6 heteroatoms. The molecule has 2 aromatic carbocycles. The lowest BCUT2D eigenvalue weighted by molar-refractivity contribution is 0.475. The summed E-state index contributed by atoms with van der Waals surface area (Å²) in [5.41, 5.74) is 11.6. The Morgan fingerprint density at radius 2 is 1.85 bits per heavy atom. The molecule has 3 heterocycles. The van der Waals surface area contributed by atoms with Gasteiger partial charge in [0.15, 0.2) is 5.82 Å². The molecule has 0 unspecified atom stereocenters. The molecule has 0 fully saturated rings. The van der Waals surface area contributed by atoms with Gasteiger partial charge in [-0.3, -0.25) is 5.10 Å². The number of hydrogen-bond donors (Lipinski definition) is 4. The Balaban J connectivity index is 1.71. The molecular formula is C20H15N5O. The maximum atomic E-state index is 9.74. The van der Waals surface area contributed by atoms with E-state index in [0.29, 0.717) is 5.82 Å². The number of aromatic nitrogens is 4. The molecule has 26 heavy (non-hydrogen) atoms. The number of rotatable bonds is 2. The summed E-state index contributed by atoms with van der Waals surface area (Å²) in [5.74, 6) is 0.719. The molecule has 0 radical (unpaired) electrons. The first-order valence-electron chi connectivity index (χ1n) is 8.20. The molecule has 0 aliphatic rings. The van der Waals surface area contributed by atoms with Crippen molar-refractivity contribution in [2.75, 3.05) is 5.73 Å². The Morgan fingerprint density at radius 1 is 0.923 bits per heavy atom. The van der Waals surface area contributed by atoms with Gasteiger partial charge in [0.05, 0.1) is 5.52 Å². The van der Waals surface area contributed by atoms with Crippen molar-refractivity contribution in [3.63, 3.8) is 0 Å². The maximum Gasteiger partial charge on any atom is 0.153 e. The summed E-state index contributed by atoms with van der Waals surface area (Å²) in [4.78, 5) is 7.77. The van der Waals surface area contributed by atoms with Gasteiger partial charge in [-0.25, -0.2) is 4.98 Å². The molecule has 5 N–H and O–H groups in total. The lowest BCUT2D eigenvalue weighted by Crippen LogP contribution is -1.85. The summed E-state index contributed by atoms with van der Waals surface area (Å²) < 4.78 is 0. The zero-order valence-electron chi connectivity index (χ0n) is 13.7. The van der Waals surface area contributed by atoms with E-state index in [-0.39, 0.29) is 5.75 Å². The number of nitrogens with two attached hydrogens (primary N) is 1. The van der Waals surface area contributed by atoms with E-state index < -0.39 is 0 Å². The van der Waals surface area contributed by atoms with E-state index in [4.69, 9.17) is 5.73 Å². The molecular weight excluding hydrogens is 326 g/mol. The lowest BCUT2D eigenvalue weighted by Gasteiger charge is -2.03. The van der Waals surface area contributed by atoms with Crippen LogP contribution in [0, 0.1) is 0 Å². The van der Waals surface area contributed by atoms with Crippen molar-refractivity contribution in [1.29, 1.82) is 0 Å². The van der Waals surface area contributed by atoms with Crippen molar-refractivity contribution in [2.24, 2.45) is 0 Å². The quantitative estimate of drug-likeness (QED) is 0.389. The van der Waals surface area contributed by atoms with Crippen LogP contribution >= 0.6 is 0 Å². The molecule has 0 saturated carbocycles. The standard InChI is InChI=1S/C20H15N5O/c21-19-16-9-11(4-5-17(16)24-25-19)14-6-7-22-20-15(14)10-18(23-20)12-2-1-3-13(26)8-12/h1-10,26H,(H,22,23)(H3,21,24,25). The minimum absolute atomic E-state index is 0.232. The number of fused-ring (bicyclic) bond motifs is 2. The number of phenols is 1. The SMILES string of the molecule is Nc1n[nH]c2ccc(-c3ccnc4[nH]c(-c5cccc(O)c5)cc34)cc12. The highest BCUT2D eigenvalue weighted by molar-refractivity contribution is 5.99. The van der Waals surface area contributed by atoms with Crippen molar-refractivity contribution in [2.45, 2.75) is 0 Å². The highest BCUT2D eigenvalue weighted by Crippen LogP contribution is 2.33. The number of aromatic hydroxyl groups is 1. The largest absolute Gasteiger partial charge is 0.508 e. The van der Waals surface area contributed by atoms with E-state index in [1.54, 1.807) is 18.3 Å². The summed E-state index contributed by atoms with van der Waals surface area (Å²) in [6.45, 7) is 0. The van der Waals surface area contributed by atoms with E-state index in [1.807, 2.05) is 36.4 Å². The molecule has 0 amide bonds. The number of pyridine rings is 1. The van der Waals surface area contributed by atoms with Crippen LogP contribution in [0.1, 0.15) is 0 Å². The van der Waals surface area contributed by atoms with E-state index >= 15 is 0 Å². The molecule has 0 saturated heterocycles. The zero-order valence-corrected chi connectivity index (χ0v) is 13.7. The molecule has 5 rings (SSSR count). The van der Waals surface area contributed by atoms with Gasteiger partial charge >= 0.3 is 0 Å². The molecule has 126 valence electrons. The average Bonchev–Trinajstić information content (AvgIpc) is 3.25. The minimum atomic E-state index is 0.232. The molecule has 3 aromatic heterocycles. The Kier molecular flexibility index (Phi) is 2.99. The zero-order chi connectivity index (χ0) is 17.7. The first kappa shape index (κ1) is 14.5. The molecule has 6 nitrogen and oxygen atoms in total.